The van der Waals surface area contributed by atoms with Crippen molar-refractivity contribution in [2.75, 3.05) is 18.9 Å². The Bertz CT molecular complexity index is 617. The van der Waals surface area contributed by atoms with Crippen LogP contribution in [0.25, 0.3) is 0 Å². The van der Waals surface area contributed by atoms with Crippen molar-refractivity contribution in [1.29, 1.82) is 0 Å². The third-order valence-corrected chi connectivity index (χ3v) is 4.24. The second-order valence-electron chi connectivity index (χ2n) is 4.45. The number of carbonyl (C=O) groups is 1. The molecule has 0 heterocycles. The molecule has 0 aliphatic heterocycles. The molecule has 0 aliphatic carbocycles. The molecule has 0 aliphatic rings. The first-order valence-corrected chi connectivity index (χ1v) is 7.97. The summed E-state index contributed by atoms with van der Waals surface area (Å²) in [6.07, 6.45) is 0.357. The summed E-state index contributed by atoms with van der Waals surface area (Å²) in [7, 11) is -4.00. The van der Waals surface area contributed by atoms with Gasteiger partial charge in [0.1, 0.15) is 10.7 Å². The molecule has 0 fully saturated rings. The Morgan fingerprint density at radius 3 is 2.71 bits per heavy atom. The van der Waals surface area contributed by atoms with Crippen LogP contribution in [0, 0.1) is 12.7 Å². The number of nitrogens with two attached hydrogens (primary N) is 1. The Kier molecular flexibility index (Phi) is 6.10. The predicted octanol–water partition coefficient (Wildman–Crippen LogP) is 1.34. The molecule has 6 nitrogen and oxygen atoms in total. The molecule has 0 saturated heterocycles. The maximum Gasteiger partial charge on any atom is 0.305 e. The molecule has 0 aromatic heterocycles. The fourth-order valence-corrected chi connectivity index (χ4v) is 2.79. The van der Waals surface area contributed by atoms with Gasteiger partial charge in [0, 0.05) is 18.7 Å². The van der Waals surface area contributed by atoms with Crippen LogP contribution in [0.3, 0.4) is 0 Å². The van der Waals surface area contributed by atoms with E-state index in [1.54, 1.807) is 13.8 Å². The lowest BCUT2D eigenvalue weighted by Crippen LogP contribution is -2.26. The molecule has 0 unspecified atom stereocenters. The van der Waals surface area contributed by atoms with Crippen LogP contribution in [0.4, 0.5) is 10.1 Å². The highest BCUT2D eigenvalue weighted by Gasteiger charge is 2.20. The lowest BCUT2D eigenvalue weighted by Gasteiger charge is -2.09. The van der Waals surface area contributed by atoms with Gasteiger partial charge in [-0.2, -0.15) is 0 Å². The van der Waals surface area contributed by atoms with Gasteiger partial charge < -0.3 is 10.5 Å². The monoisotopic (exact) mass is 318 g/mol. The van der Waals surface area contributed by atoms with Crippen LogP contribution >= 0.6 is 0 Å². The summed E-state index contributed by atoms with van der Waals surface area (Å²) in [5.41, 5.74) is 6.26. The van der Waals surface area contributed by atoms with E-state index in [-0.39, 0.29) is 31.7 Å². The number of benzene rings is 1. The maximum atomic E-state index is 13.7. The first kappa shape index (κ1) is 17.4. The topological polar surface area (TPSA) is 98.5 Å². The van der Waals surface area contributed by atoms with Gasteiger partial charge in [-0.3, -0.25) is 4.79 Å². The van der Waals surface area contributed by atoms with E-state index in [4.69, 9.17) is 10.5 Å². The van der Waals surface area contributed by atoms with Crippen molar-refractivity contribution in [2.45, 2.75) is 31.6 Å². The number of rotatable bonds is 7. The number of aryl methyl sites for hydroxylation is 1. The number of nitrogen functional groups attached to an aromatic ring is 1. The van der Waals surface area contributed by atoms with Crippen molar-refractivity contribution < 1.29 is 22.3 Å². The molecule has 1 rings (SSSR count). The molecule has 21 heavy (non-hydrogen) atoms. The van der Waals surface area contributed by atoms with Crippen LogP contribution in [0.5, 0.6) is 0 Å². The van der Waals surface area contributed by atoms with Gasteiger partial charge in [0.2, 0.25) is 10.0 Å². The van der Waals surface area contributed by atoms with Gasteiger partial charge >= 0.3 is 5.97 Å². The summed E-state index contributed by atoms with van der Waals surface area (Å²) in [5.74, 6) is -1.26. The largest absolute Gasteiger partial charge is 0.466 e. The summed E-state index contributed by atoms with van der Waals surface area (Å²) in [4.78, 5) is 10.6. The maximum absolute atomic E-state index is 13.7. The number of halogens is 1. The molecule has 0 spiro atoms. The number of hydrogen-bond acceptors (Lipinski definition) is 5. The Morgan fingerprint density at radius 2 is 2.10 bits per heavy atom. The molecule has 0 bridgehead atoms. The predicted molar refractivity (Wildman–Crippen MR) is 76.6 cm³/mol. The molecule has 0 amide bonds. The number of hydrogen-bond donors (Lipinski definition) is 2. The van der Waals surface area contributed by atoms with Crippen molar-refractivity contribution >= 4 is 21.7 Å². The van der Waals surface area contributed by atoms with Crippen molar-refractivity contribution in [3.05, 3.63) is 23.5 Å². The SMILES string of the molecule is CCOC(=O)CCCNS(=O)(=O)c1cc(N)c(C)cc1F. The van der Waals surface area contributed by atoms with Gasteiger partial charge in [-0.25, -0.2) is 17.5 Å². The molecular weight excluding hydrogens is 299 g/mol. The molecule has 0 saturated carbocycles. The van der Waals surface area contributed by atoms with Gasteiger partial charge in [-0.05, 0) is 38.0 Å². The molecular formula is C13H19FN2O4S. The molecule has 3 N–H and O–H groups in total. The van der Waals surface area contributed by atoms with Crippen LogP contribution < -0.4 is 10.5 Å². The number of esters is 1. The van der Waals surface area contributed by atoms with Gasteiger partial charge in [-0.15, -0.1) is 0 Å². The van der Waals surface area contributed by atoms with E-state index in [2.05, 4.69) is 4.72 Å². The fourth-order valence-electron chi connectivity index (χ4n) is 1.62. The first-order valence-electron chi connectivity index (χ1n) is 6.49. The van der Waals surface area contributed by atoms with E-state index >= 15 is 0 Å². The average Bonchev–Trinajstić information content (AvgIpc) is 2.39. The highest BCUT2D eigenvalue weighted by molar-refractivity contribution is 7.89. The van der Waals surface area contributed by atoms with E-state index in [0.717, 1.165) is 12.1 Å². The molecule has 1 aromatic carbocycles. The second kappa shape index (κ2) is 7.37. The summed E-state index contributed by atoms with van der Waals surface area (Å²) in [6.45, 7) is 3.56. The van der Waals surface area contributed by atoms with Gasteiger partial charge in [-0.1, -0.05) is 0 Å². The summed E-state index contributed by atoms with van der Waals surface area (Å²) in [5, 5.41) is 0. The quantitative estimate of drug-likeness (QED) is 0.449. The highest BCUT2D eigenvalue weighted by Crippen LogP contribution is 2.21. The van der Waals surface area contributed by atoms with E-state index in [1.807, 2.05) is 0 Å². The van der Waals surface area contributed by atoms with Crippen molar-refractivity contribution in [1.82, 2.24) is 4.72 Å². The van der Waals surface area contributed by atoms with Crippen molar-refractivity contribution in [2.24, 2.45) is 0 Å². The van der Waals surface area contributed by atoms with Crippen LogP contribution in [-0.2, 0) is 19.6 Å². The first-order chi connectivity index (χ1) is 9.77. The smallest absolute Gasteiger partial charge is 0.305 e. The Balaban J connectivity index is 2.66. The van der Waals surface area contributed by atoms with Crippen LogP contribution in [0.2, 0.25) is 0 Å². The van der Waals surface area contributed by atoms with Crippen LogP contribution in [-0.4, -0.2) is 27.5 Å². The zero-order chi connectivity index (χ0) is 16.0. The van der Waals surface area contributed by atoms with Crippen LogP contribution in [0.15, 0.2) is 17.0 Å². The van der Waals surface area contributed by atoms with Crippen molar-refractivity contribution in [3.8, 4) is 0 Å². The Hall–Kier alpha value is -1.67. The van der Waals surface area contributed by atoms with Gasteiger partial charge in [0.15, 0.2) is 0 Å². The normalized spacial score (nSPS) is 11.4. The average molecular weight is 318 g/mol. The molecule has 8 heteroatoms. The zero-order valence-corrected chi connectivity index (χ0v) is 12.8. The van der Waals surface area contributed by atoms with E-state index < -0.39 is 26.7 Å². The van der Waals surface area contributed by atoms with E-state index in [9.17, 15) is 17.6 Å². The number of sulfonamides is 1. The summed E-state index contributed by atoms with van der Waals surface area (Å²) < 4.78 is 44.6. The Labute approximate surface area is 123 Å². The molecule has 118 valence electrons. The minimum Gasteiger partial charge on any atom is -0.466 e. The minimum absolute atomic E-state index is 0.00830. The van der Waals surface area contributed by atoms with E-state index in [0.29, 0.717) is 5.56 Å². The Morgan fingerprint density at radius 1 is 1.43 bits per heavy atom. The lowest BCUT2D eigenvalue weighted by atomic mass is 10.2. The summed E-state index contributed by atoms with van der Waals surface area (Å²) in [6, 6.07) is 2.15. The van der Waals surface area contributed by atoms with Crippen molar-refractivity contribution in [3.63, 3.8) is 0 Å². The standard InChI is InChI=1S/C13H19FN2O4S/c1-3-20-13(17)5-4-6-16-21(18,19)12-8-11(15)9(2)7-10(12)14/h7-8,16H,3-6,15H2,1-2H3. The number of nitrogens with one attached hydrogen (secondary N) is 1. The molecule has 0 atom stereocenters. The van der Waals surface area contributed by atoms with Crippen LogP contribution in [0.1, 0.15) is 25.3 Å². The lowest BCUT2D eigenvalue weighted by molar-refractivity contribution is -0.143. The second-order valence-corrected chi connectivity index (χ2v) is 6.18. The third kappa shape index (κ3) is 4.98. The number of ether oxygens (including phenoxy) is 1. The van der Waals surface area contributed by atoms with Gasteiger partial charge in [0.05, 0.1) is 6.61 Å². The number of carbonyl (C=O) groups excluding carboxylic acids is 1. The highest BCUT2D eigenvalue weighted by atomic mass is 32.2. The summed E-state index contributed by atoms with van der Waals surface area (Å²) >= 11 is 0. The molecule has 1 aromatic rings. The van der Waals surface area contributed by atoms with E-state index in [1.165, 1.54) is 0 Å². The number of anilines is 1. The van der Waals surface area contributed by atoms with Gasteiger partial charge in [0.25, 0.3) is 0 Å². The third-order valence-electron chi connectivity index (χ3n) is 2.77. The fraction of sp³-hybridized carbons (Fsp3) is 0.462. The minimum atomic E-state index is -4.00. The zero-order valence-electron chi connectivity index (χ0n) is 12.0. The molecule has 0 radical (unpaired) electrons.